The van der Waals surface area contributed by atoms with Gasteiger partial charge in [-0.05, 0) is 19.3 Å². The van der Waals surface area contributed by atoms with Crippen LogP contribution in [0.15, 0.2) is 0 Å². The van der Waals surface area contributed by atoms with E-state index in [0.717, 1.165) is 25.9 Å². The Bertz CT molecular complexity index is 119. The molecular formula is C7H13NO2. The average Bonchev–Trinajstić information content (AvgIpc) is 2.05. The molecule has 1 aliphatic heterocycles. The van der Waals surface area contributed by atoms with Crippen LogP contribution in [0.2, 0.25) is 0 Å². The Morgan fingerprint density at radius 1 is 1.30 bits per heavy atom. The van der Waals surface area contributed by atoms with Gasteiger partial charge in [0.15, 0.2) is 0 Å². The van der Waals surface area contributed by atoms with Gasteiger partial charge in [0, 0.05) is 13.1 Å². The summed E-state index contributed by atoms with van der Waals surface area (Å²) in [5.74, 6) is 0. The van der Waals surface area contributed by atoms with Crippen LogP contribution >= 0.6 is 0 Å². The van der Waals surface area contributed by atoms with Crippen molar-refractivity contribution in [3.63, 3.8) is 0 Å². The van der Waals surface area contributed by atoms with E-state index in [2.05, 4.69) is 4.74 Å². The van der Waals surface area contributed by atoms with Crippen LogP contribution in [-0.2, 0) is 4.74 Å². The predicted molar refractivity (Wildman–Crippen MR) is 37.8 cm³/mol. The molecule has 1 aliphatic rings. The molecule has 0 radical (unpaired) electrons. The Morgan fingerprint density at radius 3 is 2.40 bits per heavy atom. The van der Waals surface area contributed by atoms with Crippen molar-refractivity contribution in [1.29, 1.82) is 0 Å². The van der Waals surface area contributed by atoms with Crippen LogP contribution in [0.4, 0.5) is 4.79 Å². The van der Waals surface area contributed by atoms with Gasteiger partial charge in [0.1, 0.15) is 0 Å². The van der Waals surface area contributed by atoms with Gasteiger partial charge in [0.25, 0.3) is 0 Å². The fraction of sp³-hybridized carbons (Fsp3) is 0.857. The molecule has 1 saturated heterocycles. The number of rotatable bonds is 0. The number of piperidine rings is 1. The molecule has 0 saturated carbocycles. The SMILES string of the molecule is COC(=O)N1CCCCC1. The zero-order chi connectivity index (χ0) is 7.40. The van der Waals surface area contributed by atoms with Crippen molar-refractivity contribution in [3.05, 3.63) is 0 Å². The molecule has 0 aromatic heterocycles. The molecule has 3 heteroatoms. The third kappa shape index (κ3) is 1.62. The molecule has 0 aromatic carbocycles. The standard InChI is InChI=1S/C7H13NO2/c1-10-7(9)8-5-3-2-4-6-8/h2-6H2,1H3. The number of methoxy groups -OCH3 is 1. The Morgan fingerprint density at radius 2 is 1.90 bits per heavy atom. The summed E-state index contributed by atoms with van der Waals surface area (Å²) >= 11 is 0. The lowest BCUT2D eigenvalue weighted by Crippen LogP contribution is -2.35. The number of carbonyl (C=O) groups excluding carboxylic acids is 1. The van der Waals surface area contributed by atoms with Crippen molar-refractivity contribution in [2.24, 2.45) is 0 Å². The summed E-state index contributed by atoms with van der Waals surface area (Å²) in [5, 5.41) is 0. The second-order valence-electron chi connectivity index (χ2n) is 2.52. The number of likely N-dealkylation sites (tertiary alicyclic amines) is 1. The number of hydrogen-bond acceptors (Lipinski definition) is 2. The molecule has 0 aliphatic carbocycles. The smallest absolute Gasteiger partial charge is 0.409 e. The Labute approximate surface area is 61.0 Å². The molecule has 0 bridgehead atoms. The molecule has 1 rings (SSSR count). The van der Waals surface area contributed by atoms with E-state index in [1.807, 2.05) is 0 Å². The molecule has 0 unspecified atom stereocenters. The molecule has 1 amide bonds. The number of ether oxygens (including phenoxy) is 1. The summed E-state index contributed by atoms with van der Waals surface area (Å²) in [4.78, 5) is 12.6. The van der Waals surface area contributed by atoms with E-state index in [-0.39, 0.29) is 6.09 Å². The van der Waals surface area contributed by atoms with Crippen LogP contribution in [0.1, 0.15) is 19.3 Å². The van der Waals surface area contributed by atoms with E-state index in [1.54, 1.807) is 4.90 Å². The molecular weight excluding hydrogens is 130 g/mol. The van der Waals surface area contributed by atoms with Crippen molar-refractivity contribution in [2.45, 2.75) is 19.3 Å². The highest BCUT2D eigenvalue weighted by Gasteiger charge is 2.15. The highest BCUT2D eigenvalue weighted by atomic mass is 16.5. The van der Waals surface area contributed by atoms with Crippen molar-refractivity contribution in [3.8, 4) is 0 Å². The molecule has 10 heavy (non-hydrogen) atoms. The summed E-state index contributed by atoms with van der Waals surface area (Å²) in [5.41, 5.74) is 0. The van der Waals surface area contributed by atoms with Crippen LogP contribution in [0.5, 0.6) is 0 Å². The Kier molecular flexibility index (Phi) is 2.54. The highest BCUT2D eigenvalue weighted by molar-refractivity contribution is 5.67. The molecule has 1 heterocycles. The van der Waals surface area contributed by atoms with E-state index in [1.165, 1.54) is 13.5 Å². The van der Waals surface area contributed by atoms with Gasteiger partial charge in [-0.2, -0.15) is 0 Å². The maximum Gasteiger partial charge on any atom is 0.409 e. The fourth-order valence-corrected chi connectivity index (χ4v) is 1.21. The van der Waals surface area contributed by atoms with E-state index in [9.17, 15) is 4.79 Å². The summed E-state index contributed by atoms with van der Waals surface area (Å²) in [6.45, 7) is 1.74. The van der Waals surface area contributed by atoms with Crippen LogP contribution in [0.3, 0.4) is 0 Å². The topological polar surface area (TPSA) is 29.5 Å². The normalized spacial score (nSPS) is 18.7. The third-order valence-electron chi connectivity index (χ3n) is 1.79. The van der Waals surface area contributed by atoms with Crippen molar-refractivity contribution < 1.29 is 9.53 Å². The second kappa shape index (κ2) is 3.44. The fourth-order valence-electron chi connectivity index (χ4n) is 1.21. The first kappa shape index (κ1) is 7.38. The predicted octanol–water partition coefficient (Wildman–Crippen LogP) is 1.24. The van der Waals surface area contributed by atoms with E-state index < -0.39 is 0 Å². The number of carbonyl (C=O) groups is 1. The lowest BCUT2D eigenvalue weighted by molar-refractivity contribution is 0.115. The summed E-state index contributed by atoms with van der Waals surface area (Å²) in [6, 6.07) is 0. The Balaban J connectivity index is 2.31. The van der Waals surface area contributed by atoms with Crippen LogP contribution in [0, 0.1) is 0 Å². The first-order valence-electron chi connectivity index (χ1n) is 3.67. The minimum atomic E-state index is -0.181. The monoisotopic (exact) mass is 143 g/mol. The van der Waals surface area contributed by atoms with E-state index >= 15 is 0 Å². The van der Waals surface area contributed by atoms with E-state index in [4.69, 9.17) is 0 Å². The average molecular weight is 143 g/mol. The second-order valence-corrected chi connectivity index (χ2v) is 2.52. The van der Waals surface area contributed by atoms with Gasteiger partial charge in [0.05, 0.1) is 7.11 Å². The van der Waals surface area contributed by atoms with Gasteiger partial charge < -0.3 is 9.64 Å². The van der Waals surface area contributed by atoms with Gasteiger partial charge in [-0.25, -0.2) is 4.79 Å². The third-order valence-corrected chi connectivity index (χ3v) is 1.79. The van der Waals surface area contributed by atoms with Crippen molar-refractivity contribution in [1.82, 2.24) is 4.90 Å². The highest BCUT2D eigenvalue weighted by Crippen LogP contribution is 2.08. The molecule has 0 N–H and O–H groups in total. The summed E-state index contributed by atoms with van der Waals surface area (Å²) in [6.07, 6.45) is 3.30. The molecule has 58 valence electrons. The Hall–Kier alpha value is -0.730. The van der Waals surface area contributed by atoms with E-state index in [0.29, 0.717) is 0 Å². The number of hydrogen-bond donors (Lipinski definition) is 0. The first-order chi connectivity index (χ1) is 4.84. The van der Waals surface area contributed by atoms with Gasteiger partial charge in [-0.15, -0.1) is 0 Å². The quantitative estimate of drug-likeness (QED) is 0.510. The van der Waals surface area contributed by atoms with Gasteiger partial charge in [-0.1, -0.05) is 0 Å². The molecule has 1 fully saturated rings. The van der Waals surface area contributed by atoms with Crippen molar-refractivity contribution >= 4 is 6.09 Å². The molecule has 0 aromatic rings. The molecule has 0 spiro atoms. The lowest BCUT2D eigenvalue weighted by atomic mass is 10.1. The summed E-state index contributed by atoms with van der Waals surface area (Å²) in [7, 11) is 1.43. The lowest BCUT2D eigenvalue weighted by Gasteiger charge is -2.24. The van der Waals surface area contributed by atoms with Crippen LogP contribution in [-0.4, -0.2) is 31.2 Å². The minimum Gasteiger partial charge on any atom is -0.453 e. The minimum absolute atomic E-state index is 0.181. The van der Waals surface area contributed by atoms with Crippen molar-refractivity contribution in [2.75, 3.05) is 20.2 Å². The summed E-state index contributed by atoms with van der Waals surface area (Å²) < 4.78 is 4.58. The first-order valence-corrected chi connectivity index (χ1v) is 3.67. The molecule has 3 nitrogen and oxygen atoms in total. The number of nitrogens with zero attached hydrogens (tertiary/aromatic N) is 1. The zero-order valence-corrected chi connectivity index (χ0v) is 6.30. The zero-order valence-electron chi connectivity index (χ0n) is 6.30. The largest absolute Gasteiger partial charge is 0.453 e. The van der Waals surface area contributed by atoms with Gasteiger partial charge >= 0.3 is 6.09 Å². The maximum atomic E-state index is 10.9. The van der Waals surface area contributed by atoms with Crippen LogP contribution in [0.25, 0.3) is 0 Å². The maximum absolute atomic E-state index is 10.9. The number of amides is 1. The van der Waals surface area contributed by atoms with Crippen LogP contribution < -0.4 is 0 Å². The molecule has 0 atom stereocenters. The van der Waals surface area contributed by atoms with Gasteiger partial charge in [-0.3, -0.25) is 0 Å². The van der Waals surface area contributed by atoms with Gasteiger partial charge in [0.2, 0.25) is 0 Å².